The first-order valence-electron chi connectivity index (χ1n) is 10.8. The van der Waals surface area contributed by atoms with Crippen molar-refractivity contribution in [2.45, 2.75) is 26.3 Å². The zero-order valence-electron chi connectivity index (χ0n) is 17.6. The van der Waals surface area contributed by atoms with Crippen LogP contribution in [0.5, 0.6) is 0 Å². The van der Waals surface area contributed by atoms with Gasteiger partial charge in [-0.15, -0.1) is 11.3 Å². The number of benzene rings is 2. The number of nitrogens with zero attached hydrogens (tertiary/aromatic N) is 2. The van der Waals surface area contributed by atoms with E-state index in [1.165, 1.54) is 10.3 Å². The molecule has 31 heavy (non-hydrogen) atoms. The van der Waals surface area contributed by atoms with Crippen LogP contribution < -0.4 is 5.32 Å². The van der Waals surface area contributed by atoms with Gasteiger partial charge in [0.1, 0.15) is 0 Å². The van der Waals surface area contributed by atoms with Crippen LogP contribution in [-0.2, 0) is 11.3 Å². The number of piperidine rings is 1. The number of H-pyrrole nitrogens is 1. The normalized spacial score (nSPS) is 17.1. The fourth-order valence-electron chi connectivity index (χ4n) is 4.35. The van der Waals surface area contributed by atoms with Crippen molar-refractivity contribution in [1.82, 2.24) is 14.9 Å². The fraction of sp³-hybridized carbons (Fsp3) is 0.280. The van der Waals surface area contributed by atoms with Crippen molar-refractivity contribution in [2.24, 2.45) is 5.92 Å². The molecule has 5 rings (SSSR count). The molecule has 1 aliphatic rings. The highest BCUT2D eigenvalue weighted by Crippen LogP contribution is 2.27. The molecule has 6 heteroatoms. The number of hydrogen-bond acceptors (Lipinski definition) is 4. The Hall–Kier alpha value is -2.96. The molecular formula is C25H26N4OS. The maximum Gasteiger partial charge on any atom is 0.228 e. The average Bonchev–Trinajstić information content (AvgIpc) is 3.40. The molecular weight excluding hydrogens is 404 g/mol. The Labute approximate surface area is 186 Å². The molecule has 1 amide bonds. The summed E-state index contributed by atoms with van der Waals surface area (Å²) in [4.78, 5) is 24.5. The van der Waals surface area contributed by atoms with E-state index in [-0.39, 0.29) is 11.8 Å². The summed E-state index contributed by atoms with van der Waals surface area (Å²) in [6, 6.07) is 18.5. The molecule has 0 aliphatic carbocycles. The highest BCUT2D eigenvalue weighted by molar-refractivity contribution is 7.11. The predicted octanol–water partition coefficient (Wildman–Crippen LogP) is 5.45. The number of thiazole rings is 1. The number of rotatable bonds is 5. The van der Waals surface area contributed by atoms with Crippen LogP contribution in [0.3, 0.4) is 0 Å². The molecule has 1 fully saturated rings. The van der Waals surface area contributed by atoms with Gasteiger partial charge in [0, 0.05) is 52.0 Å². The molecule has 4 aromatic rings. The van der Waals surface area contributed by atoms with Crippen LogP contribution in [0, 0.1) is 12.8 Å². The van der Waals surface area contributed by atoms with Gasteiger partial charge < -0.3 is 10.3 Å². The number of aryl methyl sites for hydroxylation is 1. The zero-order valence-corrected chi connectivity index (χ0v) is 18.4. The third-order valence-corrected chi connectivity index (χ3v) is 6.79. The number of nitrogens with one attached hydrogen (secondary N) is 2. The Morgan fingerprint density at radius 1 is 1.23 bits per heavy atom. The number of amides is 1. The molecule has 1 aliphatic heterocycles. The van der Waals surface area contributed by atoms with E-state index in [4.69, 9.17) is 0 Å². The quantitative estimate of drug-likeness (QED) is 0.443. The Kier molecular flexibility index (Phi) is 5.57. The summed E-state index contributed by atoms with van der Waals surface area (Å²) in [5, 5.41) is 5.43. The lowest BCUT2D eigenvalue weighted by Crippen LogP contribution is -2.40. The standard InChI is InChI=1S/C25H26N4OS/c1-17-26-14-22(31-17)16-29-11-5-8-20(15-29)25(30)27-21-9-4-7-18(12-21)24-13-19-6-2-3-10-23(19)28-24/h2-4,6-7,9-10,12-14,20,28H,5,8,11,15-16H2,1H3,(H,27,30)/t20-/m0/s1. The largest absolute Gasteiger partial charge is 0.355 e. The minimum Gasteiger partial charge on any atom is -0.355 e. The lowest BCUT2D eigenvalue weighted by Gasteiger charge is -2.31. The van der Waals surface area contributed by atoms with E-state index in [9.17, 15) is 4.79 Å². The van der Waals surface area contributed by atoms with Crippen molar-refractivity contribution in [3.05, 3.63) is 70.7 Å². The van der Waals surface area contributed by atoms with Gasteiger partial charge in [0.2, 0.25) is 5.91 Å². The molecule has 2 N–H and O–H groups in total. The van der Waals surface area contributed by atoms with Crippen LogP contribution in [0.2, 0.25) is 0 Å². The minimum atomic E-state index is 0.0134. The summed E-state index contributed by atoms with van der Waals surface area (Å²) in [5.74, 6) is 0.124. The van der Waals surface area contributed by atoms with Gasteiger partial charge in [-0.3, -0.25) is 9.69 Å². The van der Waals surface area contributed by atoms with Gasteiger partial charge >= 0.3 is 0 Å². The number of aromatic nitrogens is 2. The van der Waals surface area contributed by atoms with Gasteiger partial charge in [-0.25, -0.2) is 4.98 Å². The monoisotopic (exact) mass is 430 g/mol. The maximum atomic E-state index is 13.0. The van der Waals surface area contributed by atoms with E-state index in [1.54, 1.807) is 11.3 Å². The number of hydrogen-bond donors (Lipinski definition) is 2. The molecule has 0 bridgehead atoms. The number of likely N-dealkylation sites (tertiary alicyclic amines) is 1. The molecule has 0 spiro atoms. The predicted molar refractivity (Wildman–Crippen MR) is 127 cm³/mol. The molecule has 1 atom stereocenters. The number of fused-ring (bicyclic) bond motifs is 1. The van der Waals surface area contributed by atoms with Crippen LogP contribution in [0.15, 0.2) is 60.8 Å². The molecule has 2 aromatic carbocycles. The smallest absolute Gasteiger partial charge is 0.228 e. The Morgan fingerprint density at radius 2 is 2.13 bits per heavy atom. The summed E-state index contributed by atoms with van der Waals surface area (Å²) >= 11 is 1.74. The lowest BCUT2D eigenvalue weighted by atomic mass is 9.97. The van der Waals surface area contributed by atoms with Crippen molar-refractivity contribution in [3.63, 3.8) is 0 Å². The highest BCUT2D eigenvalue weighted by Gasteiger charge is 2.26. The average molecular weight is 431 g/mol. The summed E-state index contributed by atoms with van der Waals surface area (Å²) in [7, 11) is 0. The summed E-state index contributed by atoms with van der Waals surface area (Å²) in [6.07, 6.45) is 3.94. The van der Waals surface area contributed by atoms with Gasteiger partial charge in [-0.2, -0.15) is 0 Å². The minimum absolute atomic E-state index is 0.0134. The van der Waals surface area contributed by atoms with Crippen LogP contribution in [-0.4, -0.2) is 33.9 Å². The van der Waals surface area contributed by atoms with Gasteiger partial charge in [0.25, 0.3) is 0 Å². The molecule has 2 aromatic heterocycles. The molecule has 5 nitrogen and oxygen atoms in total. The van der Waals surface area contributed by atoms with Crippen LogP contribution in [0.25, 0.3) is 22.2 Å². The van der Waals surface area contributed by atoms with Crippen LogP contribution in [0.4, 0.5) is 5.69 Å². The number of anilines is 1. The van der Waals surface area contributed by atoms with E-state index >= 15 is 0 Å². The van der Waals surface area contributed by atoms with Gasteiger partial charge in [0.05, 0.1) is 10.9 Å². The lowest BCUT2D eigenvalue weighted by molar-refractivity contribution is -0.121. The first kappa shape index (κ1) is 20.0. The van der Waals surface area contributed by atoms with Crippen molar-refractivity contribution in [2.75, 3.05) is 18.4 Å². The van der Waals surface area contributed by atoms with Crippen LogP contribution in [0.1, 0.15) is 22.7 Å². The second-order valence-corrected chi connectivity index (χ2v) is 9.58. The van der Waals surface area contributed by atoms with Gasteiger partial charge in [-0.1, -0.05) is 30.3 Å². The van der Waals surface area contributed by atoms with Crippen molar-refractivity contribution in [3.8, 4) is 11.3 Å². The van der Waals surface area contributed by atoms with E-state index in [1.807, 2.05) is 43.5 Å². The van der Waals surface area contributed by atoms with Crippen molar-refractivity contribution in [1.29, 1.82) is 0 Å². The summed E-state index contributed by atoms with van der Waals surface area (Å²) < 4.78 is 0. The molecule has 0 unspecified atom stereocenters. The van der Waals surface area contributed by atoms with Gasteiger partial charge in [-0.05, 0) is 50.6 Å². The number of aromatic amines is 1. The first-order chi connectivity index (χ1) is 15.1. The number of para-hydroxylation sites is 1. The number of carbonyl (C=O) groups is 1. The van der Waals surface area contributed by atoms with Gasteiger partial charge in [0.15, 0.2) is 0 Å². The fourth-order valence-corrected chi connectivity index (χ4v) is 5.19. The summed E-state index contributed by atoms with van der Waals surface area (Å²) in [6.45, 7) is 4.75. The zero-order chi connectivity index (χ0) is 21.2. The Morgan fingerprint density at radius 3 is 2.97 bits per heavy atom. The Bertz CT molecular complexity index is 1180. The number of carbonyl (C=O) groups excluding carboxylic acids is 1. The second-order valence-electron chi connectivity index (χ2n) is 8.26. The third kappa shape index (κ3) is 4.55. The molecule has 158 valence electrons. The SMILES string of the molecule is Cc1ncc(CN2CCC[C@H](C(=O)Nc3cccc(-c4cc5ccccc5[nH]4)c3)C2)s1. The molecule has 3 heterocycles. The highest BCUT2D eigenvalue weighted by atomic mass is 32.1. The van der Waals surface area contributed by atoms with E-state index in [0.717, 1.165) is 59.9 Å². The molecule has 1 saturated heterocycles. The first-order valence-corrected chi connectivity index (χ1v) is 11.6. The van der Waals surface area contributed by atoms with E-state index in [0.29, 0.717) is 0 Å². The third-order valence-electron chi connectivity index (χ3n) is 5.90. The molecule has 0 saturated carbocycles. The second kappa shape index (κ2) is 8.65. The van der Waals surface area contributed by atoms with Crippen LogP contribution >= 0.6 is 11.3 Å². The molecule has 0 radical (unpaired) electrons. The van der Waals surface area contributed by atoms with Crippen molar-refractivity contribution >= 4 is 33.8 Å². The van der Waals surface area contributed by atoms with E-state index in [2.05, 4.69) is 44.5 Å². The Balaban J connectivity index is 1.26. The summed E-state index contributed by atoms with van der Waals surface area (Å²) in [5.41, 5.74) is 4.09. The topological polar surface area (TPSA) is 61.0 Å². The van der Waals surface area contributed by atoms with Crippen molar-refractivity contribution < 1.29 is 4.79 Å². The maximum absolute atomic E-state index is 13.0. The van der Waals surface area contributed by atoms with E-state index < -0.39 is 0 Å².